The summed E-state index contributed by atoms with van der Waals surface area (Å²) in [6.45, 7) is 1.90. The molecule has 1 aliphatic rings. The summed E-state index contributed by atoms with van der Waals surface area (Å²) in [5.74, 6) is -0.485. The number of rotatable bonds is 4. The van der Waals surface area contributed by atoms with E-state index in [1.165, 1.54) is 0 Å². The molecule has 2 amide bonds. The zero-order chi connectivity index (χ0) is 13.8. The summed E-state index contributed by atoms with van der Waals surface area (Å²) in [6.07, 6.45) is 0.891. The van der Waals surface area contributed by atoms with E-state index < -0.39 is 0 Å². The fourth-order valence-electron chi connectivity index (χ4n) is 1.95. The summed E-state index contributed by atoms with van der Waals surface area (Å²) in [5.41, 5.74) is 1.62. The first-order chi connectivity index (χ1) is 9.04. The predicted octanol–water partition coefficient (Wildman–Crippen LogP) is 0.364. The molecule has 1 aromatic carbocycles. The highest BCUT2D eigenvalue weighted by Crippen LogP contribution is 2.18. The van der Waals surface area contributed by atoms with Crippen LogP contribution in [0, 0.1) is 6.92 Å². The Morgan fingerprint density at radius 1 is 1.26 bits per heavy atom. The summed E-state index contributed by atoms with van der Waals surface area (Å²) < 4.78 is 0. The van der Waals surface area contributed by atoms with Crippen LogP contribution in [0.3, 0.4) is 0 Å². The van der Waals surface area contributed by atoms with Gasteiger partial charge in [0.25, 0.3) is 5.91 Å². The summed E-state index contributed by atoms with van der Waals surface area (Å²) in [4.78, 5) is 23.3. The highest BCUT2D eigenvalue weighted by Gasteiger charge is 2.28. The number of hydrogen-bond acceptors (Lipinski definition) is 3. The maximum absolute atomic E-state index is 11.8. The predicted molar refractivity (Wildman–Crippen MR) is 70.7 cm³/mol. The van der Waals surface area contributed by atoms with E-state index >= 15 is 0 Å². The number of nitrogens with one attached hydrogen (secondary N) is 2. The van der Waals surface area contributed by atoms with Crippen molar-refractivity contribution in [1.29, 1.82) is 0 Å². The van der Waals surface area contributed by atoms with Gasteiger partial charge in [-0.2, -0.15) is 0 Å². The van der Waals surface area contributed by atoms with Gasteiger partial charge in [0.1, 0.15) is 0 Å². The number of carbonyl (C=O) groups excluding carboxylic acids is 2. The van der Waals surface area contributed by atoms with Gasteiger partial charge >= 0.3 is 0 Å². The van der Waals surface area contributed by atoms with Crippen molar-refractivity contribution in [1.82, 2.24) is 10.6 Å². The third-order valence-electron chi connectivity index (χ3n) is 3.20. The molecule has 0 aromatic heterocycles. The third kappa shape index (κ3) is 3.79. The lowest BCUT2D eigenvalue weighted by molar-refractivity contribution is -0.122. The van der Waals surface area contributed by atoms with Crippen LogP contribution < -0.4 is 10.6 Å². The van der Waals surface area contributed by atoms with E-state index in [1.54, 1.807) is 12.1 Å². The summed E-state index contributed by atoms with van der Waals surface area (Å²) in [7, 11) is 0. The SMILES string of the molecule is Cc1ccc(C(=O)NCC(=O)NC2CC(O)C2)cc1. The van der Waals surface area contributed by atoms with E-state index in [4.69, 9.17) is 5.11 Å². The molecular formula is C14H18N2O3. The van der Waals surface area contributed by atoms with Gasteiger partial charge in [0.05, 0.1) is 12.6 Å². The fraction of sp³-hybridized carbons (Fsp3) is 0.429. The average Bonchev–Trinajstić information content (AvgIpc) is 2.35. The van der Waals surface area contributed by atoms with Gasteiger partial charge in [-0.25, -0.2) is 0 Å². The first-order valence-electron chi connectivity index (χ1n) is 6.37. The molecule has 1 aromatic rings. The Morgan fingerprint density at radius 3 is 2.47 bits per heavy atom. The normalized spacial score (nSPS) is 21.4. The number of benzene rings is 1. The second-order valence-electron chi connectivity index (χ2n) is 4.94. The lowest BCUT2D eigenvalue weighted by Crippen LogP contribution is -2.49. The molecule has 0 saturated heterocycles. The van der Waals surface area contributed by atoms with Gasteiger partial charge in [0, 0.05) is 11.6 Å². The lowest BCUT2D eigenvalue weighted by Gasteiger charge is -2.31. The fourth-order valence-corrected chi connectivity index (χ4v) is 1.95. The molecule has 3 N–H and O–H groups in total. The number of carbonyl (C=O) groups is 2. The highest BCUT2D eigenvalue weighted by atomic mass is 16.3. The van der Waals surface area contributed by atoms with Crippen molar-refractivity contribution in [2.75, 3.05) is 6.54 Å². The molecule has 1 saturated carbocycles. The molecule has 0 unspecified atom stereocenters. The Morgan fingerprint density at radius 2 is 1.89 bits per heavy atom. The zero-order valence-electron chi connectivity index (χ0n) is 10.8. The Balaban J connectivity index is 1.74. The van der Waals surface area contributed by atoms with Crippen LogP contribution in [-0.2, 0) is 4.79 Å². The summed E-state index contributed by atoms with van der Waals surface area (Å²) in [5, 5.41) is 14.4. The van der Waals surface area contributed by atoms with E-state index in [0.717, 1.165) is 5.56 Å². The molecular weight excluding hydrogens is 244 g/mol. The second-order valence-corrected chi connectivity index (χ2v) is 4.94. The van der Waals surface area contributed by atoms with E-state index in [-0.39, 0.29) is 30.5 Å². The second kappa shape index (κ2) is 5.84. The first kappa shape index (κ1) is 13.5. The minimum atomic E-state index is -0.299. The van der Waals surface area contributed by atoms with Crippen molar-refractivity contribution in [3.8, 4) is 0 Å². The Kier molecular flexibility index (Phi) is 4.16. The number of hydrogen-bond donors (Lipinski definition) is 3. The minimum Gasteiger partial charge on any atom is -0.393 e. The first-order valence-corrected chi connectivity index (χ1v) is 6.37. The van der Waals surface area contributed by atoms with Gasteiger partial charge < -0.3 is 15.7 Å². The van der Waals surface area contributed by atoms with Crippen LogP contribution in [0.25, 0.3) is 0 Å². The van der Waals surface area contributed by atoms with E-state index in [2.05, 4.69) is 10.6 Å². The molecule has 0 radical (unpaired) electrons. The smallest absolute Gasteiger partial charge is 0.251 e. The quantitative estimate of drug-likeness (QED) is 0.733. The molecule has 1 aliphatic carbocycles. The van der Waals surface area contributed by atoms with Crippen LogP contribution in [0.4, 0.5) is 0 Å². The maximum Gasteiger partial charge on any atom is 0.251 e. The van der Waals surface area contributed by atoms with Crippen LogP contribution in [0.15, 0.2) is 24.3 Å². The van der Waals surface area contributed by atoms with Gasteiger partial charge in [-0.05, 0) is 31.9 Å². The topological polar surface area (TPSA) is 78.4 Å². The highest BCUT2D eigenvalue weighted by molar-refractivity contribution is 5.96. The molecule has 0 heterocycles. The third-order valence-corrected chi connectivity index (χ3v) is 3.20. The number of aliphatic hydroxyl groups excluding tert-OH is 1. The molecule has 5 nitrogen and oxygen atoms in total. The van der Waals surface area contributed by atoms with Crippen LogP contribution in [0.1, 0.15) is 28.8 Å². The molecule has 1 fully saturated rings. The standard InChI is InChI=1S/C14H18N2O3/c1-9-2-4-10(5-3-9)14(19)15-8-13(18)16-11-6-12(17)7-11/h2-5,11-12,17H,6-8H2,1H3,(H,15,19)(H,16,18). The van der Waals surface area contributed by atoms with Crippen molar-refractivity contribution in [3.63, 3.8) is 0 Å². The monoisotopic (exact) mass is 262 g/mol. The van der Waals surface area contributed by atoms with Crippen molar-refractivity contribution in [3.05, 3.63) is 35.4 Å². The molecule has 19 heavy (non-hydrogen) atoms. The van der Waals surface area contributed by atoms with Crippen molar-refractivity contribution in [2.45, 2.75) is 31.9 Å². The Hall–Kier alpha value is -1.88. The molecule has 2 rings (SSSR count). The van der Waals surface area contributed by atoms with Crippen LogP contribution in [0.2, 0.25) is 0 Å². The van der Waals surface area contributed by atoms with Gasteiger partial charge in [-0.1, -0.05) is 17.7 Å². The largest absolute Gasteiger partial charge is 0.393 e. The van der Waals surface area contributed by atoms with Crippen LogP contribution >= 0.6 is 0 Å². The van der Waals surface area contributed by atoms with Gasteiger partial charge in [-0.15, -0.1) is 0 Å². The Bertz CT molecular complexity index is 464. The average molecular weight is 262 g/mol. The number of aliphatic hydroxyl groups is 1. The summed E-state index contributed by atoms with van der Waals surface area (Å²) >= 11 is 0. The molecule has 0 spiro atoms. The molecule has 0 aliphatic heterocycles. The van der Waals surface area contributed by atoms with Crippen molar-refractivity contribution < 1.29 is 14.7 Å². The molecule has 0 atom stereocenters. The van der Waals surface area contributed by atoms with E-state index in [0.29, 0.717) is 18.4 Å². The van der Waals surface area contributed by atoms with Crippen LogP contribution in [-0.4, -0.2) is 35.6 Å². The van der Waals surface area contributed by atoms with E-state index in [9.17, 15) is 9.59 Å². The van der Waals surface area contributed by atoms with Crippen LogP contribution in [0.5, 0.6) is 0 Å². The molecule has 0 bridgehead atoms. The van der Waals surface area contributed by atoms with Crippen molar-refractivity contribution >= 4 is 11.8 Å². The zero-order valence-corrected chi connectivity index (χ0v) is 10.8. The molecule has 5 heteroatoms. The number of amides is 2. The lowest BCUT2D eigenvalue weighted by atomic mass is 9.89. The number of aryl methyl sites for hydroxylation is 1. The van der Waals surface area contributed by atoms with Crippen molar-refractivity contribution in [2.24, 2.45) is 0 Å². The van der Waals surface area contributed by atoms with Gasteiger partial charge in [0.15, 0.2) is 0 Å². The minimum absolute atomic E-state index is 0.0405. The Labute approximate surface area is 112 Å². The van der Waals surface area contributed by atoms with Gasteiger partial charge in [-0.3, -0.25) is 9.59 Å². The van der Waals surface area contributed by atoms with Gasteiger partial charge in [0.2, 0.25) is 5.91 Å². The maximum atomic E-state index is 11.8. The van der Waals surface area contributed by atoms with E-state index in [1.807, 2.05) is 19.1 Å². The molecule has 102 valence electrons. The summed E-state index contributed by atoms with van der Waals surface area (Å²) in [6, 6.07) is 7.20.